The molecule has 1 amide bonds. The van der Waals surface area contributed by atoms with Crippen molar-refractivity contribution in [1.82, 2.24) is 15.0 Å². The second-order valence-electron chi connectivity index (χ2n) is 6.26. The first-order chi connectivity index (χ1) is 13.6. The van der Waals surface area contributed by atoms with Gasteiger partial charge in [-0.3, -0.25) is 4.79 Å². The lowest BCUT2D eigenvalue weighted by Crippen LogP contribution is -2.11. The van der Waals surface area contributed by atoms with Gasteiger partial charge in [-0.1, -0.05) is 29.8 Å². The maximum atomic E-state index is 12.5. The van der Waals surface area contributed by atoms with Crippen LogP contribution in [0.2, 0.25) is 0 Å². The first-order valence-electron chi connectivity index (χ1n) is 8.60. The van der Waals surface area contributed by atoms with Gasteiger partial charge >= 0.3 is 0 Å². The number of carbonyl (C=O) groups is 1. The van der Waals surface area contributed by atoms with Crippen LogP contribution in [0.5, 0.6) is 0 Å². The number of nitrogens with zero attached hydrogens (tertiary/aromatic N) is 3. The van der Waals surface area contributed by atoms with E-state index in [9.17, 15) is 4.79 Å². The van der Waals surface area contributed by atoms with Crippen molar-refractivity contribution in [3.05, 3.63) is 77.6 Å². The molecule has 0 fully saturated rings. The molecule has 3 N–H and O–H groups in total. The molecule has 2 aromatic carbocycles. The number of hydrogen-bond donors (Lipinski definition) is 2. The lowest BCUT2D eigenvalue weighted by atomic mass is 10.1. The molecule has 0 radical (unpaired) electrons. The Morgan fingerprint density at radius 2 is 2.00 bits per heavy atom. The van der Waals surface area contributed by atoms with E-state index in [1.165, 1.54) is 17.7 Å². The quantitative estimate of drug-likeness (QED) is 0.541. The zero-order valence-electron chi connectivity index (χ0n) is 15.1. The highest BCUT2D eigenvalue weighted by atomic mass is 32.1. The van der Waals surface area contributed by atoms with E-state index in [0.29, 0.717) is 22.6 Å². The van der Waals surface area contributed by atoms with Crippen molar-refractivity contribution in [2.45, 2.75) is 6.92 Å². The zero-order chi connectivity index (χ0) is 19.5. The standard InChI is InChI=1S/C21H17N5OS/c1-13-4-2-6-15(8-13)20(27)25-16-7-3-5-14(9-16)18-11-28-21(26-18)17-10-23-12-24-19(17)22/h2-12H,1H3,(H,25,27)(H2,22,23,24). The second kappa shape index (κ2) is 7.58. The van der Waals surface area contributed by atoms with Gasteiger partial charge in [0, 0.05) is 28.4 Å². The van der Waals surface area contributed by atoms with Gasteiger partial charge in [0.1, 0.15) is 17.2 Å². The summed E-state index contributed by atoms with van der Waals surface area (Å²) >= 11 is 1.47. The highest BCUT2D eigenvalue weighted by Gasteiger charge is 2.12. The Labute approximate surface area is 166 Å². The van der Waals surface area contributed by atoms with Crippen LogP contribution in [0, 0.1) is 6.92 Å². The highest BCUT2D eigenvalue weighted by Crippen LogP contribution is 2.31. The van der Waals surface area contributed by atoms with Crippen LogP contribution >= 0.6 is 11.3 Å². The third-order valence-corrected chi connectivity index (χ3v) is 5.05. The third-order valence-electron chi connectivity index (χ3n) is 4.17. The van der Waals surface area contributed by atoms with Gasteiger partial charge < -0.3 is 11.1 Å². The van der Waals surface area contributed by atoms with Crippen molar-refractivity contribution < 1.29 is 4.79 Å². The van der Waals surface area contributed by atoms with Crippen LogP contribution in [0.3, 0.4) is 0 Å². The average molecular weight is 387 g/mol. The molecule has 0 unspecified atom stereocenters. The molecule has 0 atom stereocenters. The Hall–Kier alpha value is -3.58. The van der Waals surface area contributed by atoms with Crippen molar-refractivity contribution in [1.29, 1.82) is 0 Å². The largest absolute Gasteiger partial charge is 0.383 e. The molecule has 28 heavy (non-hydrogen) atoms. The Morgan fingerprint density at radius 3 is 2.82 bits per heavy atom. The van der Waals surface area contributed by atoms with Gasteiger partial charge in [-0.25, -0.2) is 15.0 Å². The molecule has 0 aliphatic heterocycles. The molecule has 0 aliphatic rings. The van der Waals surface area contributed by atoms with E-state index in [4.69, 9.17) is 5.73 Å². The Balaban J connectivity index is 1.58. The molecule has 0 bridgehead atoms. The van der Waals surface area contributed by atoms with Gasteiger partial charge in [0.15, 0.2) is 0 Å². The first kappa shape index (κ1) is 17.8. The van der Waals surface area contributed by atoms with Gasteiger partial charge in [0.05, 0.1) is 11.3 Å². The molecular weight excluding hydrogens is 370 g/mol. The maximum Gasteiger partial charge on any atom is 0.255 e. The van der Waals surface area contributed by atoms with Gasteiger partial charge in [-0.05, 0) is 31.2 Å². The molecule has 2 heterocycles. The minimum Gasteiger partial charge on any atom is -0.383 e. The summed E-state index contributed by atoms with van der Waals surface area (Å²) in [6.45, 7) is 1.96. The lowest BCUT2D eigenvalue weighted by molar-refractivity contribution is 0.102. The van der Waals surface area contributed by atoms with E-state index in [1.807, 2.05) is 54.8 Å². The monoisotopic (exact) mass is 387 g/mol. The van der Waals surface area contributed by atoms with E-state index in [1.54, 1.807) is 12.3 Å². The molecule has 0 saturated carbocycles. The lowest BCUT2D eigenvalue weighted by Gasteiger charge is -2.07. The molecule has 7 heteroatoms. The number of hydrogen-bond acceptors (Lipinski definition) is 6. The average Bonchev–Trinajstić information content (AvgIpc) is 3.18. The van der Waals surface area contributed by atoms with Crippen LogP contribution in [0.4, 0.5) is 11.5 Å². The van der Waals surface area contributed by atoms with Crippen molar-refractivity contribution in [3.8, 4) is 21.8 Å². The SMILES string of the molecule is Cc1cccc(C(=O)Nc2cccc(-c3csc(-c4cncnc4N)n3)c2)c1. The minimum atomic E-state index is -0.144. The minimum absolute atomic E-state index is 0.144. The Bertz CT molecular complexity index is 1150. The summed E-state index contributed by atoms with van der Waals surface area (Å²) < 4.78 is 0. The third kappa shape index (κ3) is 3.74. The zero-order valence-corrected chi connectivity index (χ0v) is 15.9. The fourth-order valence-electron chi connectivity index (χ4n) is 2.78. The number of aromatic nitrogens is 3. The molecule has 6 nitrogen and oxygen atoms in total. The van der Waals surface area contributed by atoms with Crippen LogP contribution in [0.15, 0.2) is 66.4 Å². The molecule has 0 saturated heterocycles. The smallest absolute Gasteiger partial charge is 0.255 e. The predicted molar refractivity (Wildman–Crippen MR) is 112 cm³/mol. The Morgan fingerprint density at radius 1 is 1.14 bits per heavy atom. The molecule has 2 aromatic heterocycles. The summed E-state index contributed by atoms with van der Waals surface area (Å²) in [5.74, 6) is 0.254. The van der Waals surface area contributed by atoms with Gasteiger partial charge in [0.25, 0.3) is 5.91 Å². The second-order valence-corrected chi connectivity index (χ2v) is 7.12. The number of rotatable bonds is 4. The van der Waals surface area contributed by atoms with Crippen molar-refractivity contribution in [2.24, 2.45) is 0 Å². The maximum absolute atomic E-state index is 12.5. The number of nitrogens with two attached hydrogens (primary N) is 1. The molecular formula is C21H17N5OS. The fourth-order valence-corrected chi connectivity index (χ4v) is 3.63. The summed E-state index contributed by atoms with van der Waals surface area (Å²) in [6, 6.07) is 15.1. The van der Waals surface area contributed by atoms with E-state index >= 15 is 0 Å². The van der Waals surface area contributed by atoms with Crippen molar-refractivity contribution in [3.63, 3.8) is 0 Å². The number of benzene rings is 2. The van der Waals surface area contributed by atoms with Crippen LogP contribution in [-0.4, -0.2) is 20.9 Å². The molecule has 0 aliphatic carbocycles. The van der Waals surface area contributed by atoms with Crippen molar-refractivity contribution in [2.75, 3.05) is 11.1 Å². The predicted octanol–water partition coefficient (Wildman–Crippen LogP) is 4.41. The molecule has 4 aromatic rings. The van der Waals surface area contributed by atoms with Crippen molar-refractivity contribution >= 4 is 28.7 Å². The summed E-state index contributed by atoms with van der Waals surface area (Å²) in [5, 5.41) is 5.64. The van der Waals surface area contributed by atoms with E-state index < -0.39 is 0 Å². The van der Waals surface area contributed by atoms with Crippen LogP contribution in [0.25, 0.3) is 21.8 Å². The number of amides is 1. The van der Waals surface area contributed by atoms with E-state index in [0.717, 1.165) is 21.8 Å². The fraction of sp³-hybridized carbons (Fsp3) is 0.0476. The first-order valence-corrected chi connectivity index (χ1v) is 9.48. The summed E-state index contributed by atoms with van der Waals surface area (Å²) in [5.41, 5.74) is 10.7. The molecule has 4 rings (SSSR count). The summed E-state index contributed by atoms with van der Waals surface area (Å²) in [6.07, 6.45) is 3.07. The summed E-state index contributed by atoms with van der Waals surface area (Å²) in [4.78, 5) is 25.2. The number of carbonyl (C=O) groups excluding carboxylic acids is 1. The number of aryl methyl sites for hydroxylation is 1. The van der Waals surface area contributed by atoms with Gasteiger partial charge in [0.2, 0.25) is 0 Å². The highest BCUT2D eigenvalue weighted by molar-refractivity contribution is 7.13. The number of anilines is 2. The van der Waals surface area contributed by atoms with Gasteiger partial charge in [-0.15, -0.1) is 11.3 Å². The number of thiazole rings is 1. The van der Waals surface area contributed by atoms with Gasteiger partial charge in [-0.2, -0.15) is 0 Å². The number of nitrogen functional groups attached to an aromatic ring is 1. The van der Waals surface area contributed by atoms with Crippen LogP contribution in [0.1, 0.15) is 15.9 Å². The molecule has 0 spiro atoms. The van der Waals surface area contributed by atoms with Crippen LogP contribution in [-0.2, 0) is 0 Å². The normalized spacial score (nSPS) is 10.6. The Kier molecular flexibility index (Phi) is 4.82. The van der Waals surface area contributed by atoms with E-state index in [-0.39, 0.29) is 5.91 Å². The van der Waals surface area contributed by atoms with Crippen LogP contribution < -0.4 is 11.1 Å². The molecule has 138 valence electrons. The number of nitrogens with one attached hydrogen (secondary N) is 1. The summed E-state index contributed by atoms with van der Waals surface area (Å²) in [7, 11) is 0. The topological polar surface area (TPSA) is 93.8 Å². The van der Waals surface area contributed by atoms with E-state index in [2.05, 4.69) is 20.3 Å².